The van der Waals surface area contributed by atoms with Crippen LogP contribution in [0.3, 0.4) is 0 Å². The second-order valence-electron chi connectivity index (χ2n) is 6.67. The van der Waals surface area contributed by atoms with Gasteiger partial charge < -0.3 is 5.32 Å². The molecule has 0 bridgehead atoms. The maximum Gasteiger partial charge on any atom is 0.251 e. The van der Waals surface area contributed by atoms with Crippen LogP contribution in [0.4, 0.5) is 0 Å². The van der Waals surface area contributed by atoms with Crippen molar-refractivity contribution in [3.05, 3.63) is 102 Å². The van der Waals surface area contributed by atoms with Crippen molar-refractivity contribution in [2.75, 3.05) is 0 Å². The van der Waals surface area contributed by atoms with Gasteiger partial charge in [0.05, 0.1) is 5.52 Å². The molecule has 1 amide bonds. The third-order valence-electron chi connectivity index (χ3n) is 4.62. The molecular formula is C24H20N2O. The number of hydrogen-bond donors (Lipinski definition) is 1. The van der Waals surface area contributed by atoms with Gasteiger partial charge >= 0.3 is 0 Å². The lowest BCUT2D eigenvalue weighted by atomic mass is 10.0. The van der Waals surface area contributed by atoms with E-state index in [-0.39, 0.29) is 5.91 Å². The maximum absolute atomic E-state index is 12.6. The van der Waals surface area contributed by atoms with E-state index in [0.29, 0.717) is 12.1 Å². The zero-order valence-corrected chi connectivity index (χ0v) is 15.1. The number of hydrogen-bond acceptors (Lipinski definition) is 2. The number of nitrogens with one attached hydrogen (secondary N) is 1. The number of fused-ring (bicyclic) bond motifs is 1. The molecule has 0 spiro atoms. The molecule has 0 saturated heterocycles. The van der Waals surface area contributed by atoms with Crippen LogP contribution in [-0.2, 0) is 6.54 Å². The predicted octanol–water partition coefficient (Wildman–Crippen LogP) is 5.14. The molecule has 1 aromatic heterocycles. The lowest BCUT2D eigenvalue weighted by Crippen LogP contribution is -2.22. The van der Waals surface area contributed by atoms with Crippen LogP contribution in [0.2, 0.25) is 0 Å². The van der Waals surface area contributed by atoms with Crippen molar-refractivity contribution in [1.29, 1.82) is 0 Å². The van der Waals surface area contributed by atoms with Gasteiger partial charge in [0.1, 0.15) is 0 Å². The summed E-state index contributed by atoms with van der Waals surface area (Å²) in [5, 5.41) is 4.08. The molecule has 1 heterocycles. The topological polar surface area (TPSA) is 42.0 Å². The highest BCUT2D eigenvalue weighted by atomic mass is 16.1. The predicted molar refractivity (Wildman–Crippen MR) is 110 cm³/mol. The molecule has 27 heavy (non-hydrogen) atoms. The largest absolute Gasteiger partial charge is 0.348 e. The Hall–Kier alpha value is -3.46. The molecule has 0 aliphatic heterocycles. The molecule has 3 nitrogen and oxygen atoms in total. The van der Waals surface area contributed by atoms with Crippen molar-refractivity contribution in [1.82, 2.24) is 10.3 Å². The molecule has 0 radical (unpaired) electrons. The fourth-order valence-electron chi connectivity index (χ4n) is 3.06. The first kappa shape index (κ1) is 17.0. The molecule has 3 aromatic carbocycles. The molecule has 4 aromatic rings. The molecule has 0 atom stereocenters. The van der Waals surface area contributed by atoms with Crippen molar-refractivity contribution < 1.29 is 4.79 Å². The summed E-state index contributed by atoms with van der Waals surface area (Å²) >= 11 is 0. The van der Waals surface area contributed by atoms with E-state index in [2.05, 4.69) is 35.4 Å². The number of carbonyl (C=O) groups excluding carboxylic acids is 1. The fraction of sp³-hybridized carbons (Fsp3) is 0.0833. The molecule has 132 valence electrons. The average Bonchev–Trinajstić information content (AvgIpc) is 2.73. The number of aromatic nitrogens is 1. The minimum atomic E-state index is -0.0776. The Morgan fingerprint density at radius 2 is 1.70 bits per heavy atom. The number of para-hydroxylation sites is 1. The number of aryl methyl sites for hydroxylation is 1. The van der Waals surface area contributed by atoms with Gasteiger partial charge in [-0.3, -0.25) is 9.78 Å². The number of amides is 1. The van der Waals surface area contributed by atoms with Crippen molar-refractivity contribution in [3.63, 3.8) is 0 Å². The van der Waals surface area contributed by atoms with Crippen molar-refractivity contribution in [2.45, 2.75) is 13.5 Å². The average molecular weight is 352 g/mol. The number of carbonyl (C=O) groups is 1. The number of pyridine rings is 1. The van der Waals surface area contributed by atoms with Crippen molar-refractivity contribution >= 4 is 16.8 Å². The third-order valence-corrected chi connectivity index (χ3v) is 4.62. The Balaban J connectivity index is 1.54. The van der Waals surface area contributed by atoms with E-state index in [1.165, 1.54) is 5.56 Å². The second-order valence-corrected chi connectivity index (χ2v) is 6.67. The summed E-state index contributed by atoms with van der Waals surface area (Å²) in [6.45, 7) is 2.57. The van der Waals surface area contributed by atoms with Crippen LogP contribution in [0, 0.1) is 6.92 Å². The van der Waals surface area contributed by atoms with E-state index in [0.717, 1.165) is 27.6 Å². The third kappa shape index (κ3) is 3.87. The van der Waals surface area contributed by atoms with Gasteiger partial charge in [-0.1, -0.05) is 60.2 Å². The highest BCUT2D eigenvalue weighted by Crippen LogP contribution is 2.23. The first-order valence-electron chi connectivity index (χ1n) is 8.98. The fourth-order valence-corrected chi connectivity index (χ4v) is 3.06. The number of rotatable bonds is 4. The first-order valence-corrected chi connectivity index (χ1v) is 8.98. The van der Waals surface area contributed by atoms with Gasteiger partial charge in [-0.05, 0) is 42.3 Å². The normalized spacial score (nSPS) is 10.7. The highest BCUT2D eigenvalue weighted by molar-refractivity contribution is 5.95. The van der Waals surface area contributed by atoms with Gasteiger partial charge in [0.25, 0.3) is 5.91 Å². The lowest BCUT2D eigenvalue weighted by molar-refractivity contribution is 0.0951. The highest BCUT2D eigenvalue weighted by Gasteiger charge is 2.08. The summed E-state index contributed by atoms with van der Waals surface area (Å²) in [4.78, 5) is 17.1. The molecule has 0 fully saturated rings. The Morgan fingerprint density at radius 3 is 2.56 bits per heavy atom. The smallest absolute Gasteiger partial charge is 0.251 e. The van der Waals surface area contributed by atoms with Crippen LogP contribution in [0.1, 0.15) is 21.5 Å². The van der Waals surface area contributed by atoms with Crippen LogP contribution in [0.15, 0.2) is 85.1 Å². The van der Waals surface area contributed by atoms with Crippen LogP contribution in [0.5, 0.6) is 0 Å². The summed E-state index contributed by atoms with van der Waals surface area (Å²) in [5.41, 5.74) is 5.89. The number of benzene rings is 3. The van der Waals surface area contributed by atoms with E-state index < -0.39 is 0 Å². The zero-order chi connectivity index (χ0) is 18.6. The van der Waals surface area contributed by atoms with Gasteiger partial charge in [-0.15, -0.1) is 0 Å². The minimum Gasteiger partial charge on any atom is -0.348 e. The Bertz CT molecular complexity index is 1100. The summed E-state index contributed by atoms with van der Waals surface area (Å²) < 4.78 is 0. The van der Waals surface area contributed by atoms with E-state index in [9.17, 15) is 4.79 Å². The molecule has 0 aliphatic carbocycles. The summed E-state index contributed by atoms with van der Waals surface area (Å²) in [5.74, 6) is -0.0776. The van der Waals surface area contributed by atoms with Crippen molar-refractivity contribution in [3.8, 4) is 11.1 Å². The summed E-state index contributed by atoms with van der Waals surface area (Å²) in [6, 6.07) is 26.0. The zero-order valence-electron chi connectivity index (χ0n) is 15.1. The Morgan fingerprint density at radius 1 is 0.889 bits per heavy atom. The maximum atomic E-state index is 12.6. The van der Waals surface area contributed by atoms with Gasteiger partial charge in [0, 0.05) is 29.3 Å². The molecule has 3 heteroatoms. The summed E-state index contributed by atoms with van der Waals surface area (Å²) in [7, 11) is 0. The van der Waals surface area contributed by atoms with Crippen LogP contribution in [-0.4, -0.2) is 10.9 Å². The van der Waals surface area contributed by atoms with Gasteiger partial charge in [-0.2, -0.15) is 0 Å². The molecule has 0 aliphatic rings. The van der Waals surface area contributed by atoms with Gasteiger partial charge in [-0.25, -0.2) is 0 Å². The van der Waals surface area contributed by atoms with E-state index in [1.807, 2.05) is 66.9 Å². The van der Waals surface area contributed by atoms with Crippen LogP contribution >= 0.6 is 0 Å². The Kier molecular flexibility index (Phi) is 4.67. The van der Waals surface area contributed by atoms with Gasteiger partial charge in [0.2, 0.25) is 0 Å². The molecule has 4 rings (SSSR count). The second kappa shape index (κ2) is 7.42. The quantitative estimate of drug-likeness (QED) is 0.552. The Labute approximate surface area is 158 Å². The molecule has 0 unspecified atom stereocenters. The van der Waals surface area contributed by atoms with E-state index >= 15 is 0 Å². The van der Waals surface area contributed by atoms with E-state index in [1.54, 1.807) is 0 Å². The standard InChI is InChI=1S/C24H20N2O/c1-17-9-11-18(12-10-17)15-26-24(27)21-7-4-6-19(13-21)22-14-20-5-2-3-8-23(20)25-16-22/h2-14,16H,15H2,1H3,(H,26,27). The first-order chi connectivity index (χ1) is 13.2. The van der Waals surface area contributed by atoms with Crippen LogP contribution in [0.25, 0.3) is 22.0 Å². The summed E-state index contributed by atoms with van der Waals surface area (Å²) in [6.07, 6.45) is 1.85. The number of nitrogens with zero attached hydrogens (tertiary/aromatic N) is 1. The van der Waals surface area contributed by atoms with E-state index in [4.69, 9.17) is 0 Å². The molecule has 1 N–H and O–H groups in total. The molecular weight excluding hydrogens is 332 g/mol. The monoisotopic (exact) mass is 352 g/mol. The lowest BCUT2D eigenvalue weighted by Gasteiger charge is -2.08. The van der Waals surface area contributed by atoms with Crippen molar-refractivity contribution in [2.24, 2.45) is 0 Å². The van der Waals surface area contributed by atoms with Crippen LogP contribution < -0.4 is 5.32 Å². The van der Waals surface area contributed by atoms with Gasteiger partial charge in [0.15, 0.2) is 0 Å². The minimum absolute atomic E-state index is 0.0776. The molecule has 0 saturated carbocycles. The SMILES string of the molecule is Cc1ccc(CNC(=O)c2cccc(-c3cnc4ccccc4c3)c2)cc1.